The van der Waals surface area contributed by atoms with Crippen LogP contribution in [0.5, 0.6) is 0 Å². The molecule has 5 atom stereocenters. The van der Waals surface area contributed by atoms with E-state index in [0.717, 1.165) is 30.8 Å². The zero-order valence-electron chi connectivity index (χ0n) is 15.7. The van der Waals surface area contributed by atoms with Crippen molar-refractivity contribution in [2.24, 2.45) is 5.41 Å². The van der Waals surface area contributed by atoms with Crippen molar-refractivity contribution in [2.45, 2.75) is 49.1 Å². The molecule has 0 amide bonds. The van der Waals surface area contributed by atoms with Gasteiger partial charge in [0.15, 0.2) is 0 Å². The predicted molar refractivity (Wildman–Crippen MR) is 104 cm³/mol. The molecular formula is C21H25ClN2O3. The Morgan fingerprint density at radius 1 is 1.44 bits per heavy atom. The monoisotopic (exact) mass is 388 g/mol. The minimum Gasteiger partial charge on any atom is -0.466 e. The minimum atomic E-state index is -0.658. The Labute approximate surface area is 164 Å². The van der Waals surface area contributed by atoms with Crippen LogP contribution in [0, 0.1) is 5.41 Å². The number of benzene rings is 1. The quantitative estimate of drug-likeness (QED) is 0.602. The average molecular weight is 389 g/mol. The highest BCUT2D eigenvalue weighted by atomic mass is 35.5. The molecule has 1 aliphatic carbocycles. The third kappa shape index (κ3) is 1.95. The van der Waals surface area contributed by atoms with Crippen molar-refractivity contribution in [3.05, 3.63) is 41.1 Å². The smallest absolute Gasteiger partial charge is 0.335 e. The van der Waals surface area contributed by atoms with Crippen LogP contribution in [-0.2, 0) is 14.9 Å². The van der Waals surface area contributed by atoms with Crippen LogP contribution in [0.2, 0.25) is 0 Å². The van der Waals surface area contributed by atoms with Gasteiger partial charge in [-0.15, -0.1) is 11.6 Å². The molecule has 1 aromatic rings. The summed E-state index contributed by atoms with van der Waals surface area (Å²) in [5.74, 6) is -0.307. The molecule has 0 saturated carbocycles. The second-order valence-corrected chi connectivity index (χ2v) is 8.92. The second-order valence-electron chi connectivity index (χ2n) is 8.36. The number of hydrogen-bond acceptors (Lipinski definition) is 5. The lowest BCUT2D eigenvalue weighted by atomic mass is 9.52. The number of hydrogen-bond donors (Lipinski definition) is 2. The van der Waals surface area contributed by atoms with Gasteiger partial charge in [0, 0.05) is 29.4 Å². The predicted octanol–water partition coefficient (Wildman–Crippen LogP) is 2.63. The van der Waals surface area contributed by atoms with Crippen LogP contribution in [0.15, 0.2) is 35.5 Å². The van der Waals surface area contributed by atoms with Gasteiger partial charge in [0.1, 0.15) is 0 Å². The Kier molecular flexibility index (Phi) is 3.72. The number of anilines is 1. The van der Waals surface area contributed by atoms with Crippen LogP contribution in [-0.4, -0.2) is 53.7 Å². The summed E-state index contributed by atoms with van der Waals surface area (Å²) in [5.41, 5.74) is 3.15. The fraction of sp³-hybridized carbons (Fsp3) is 0.571. The van der Waals surface area contributed by atoms with Crippen molar-refractivity contribution in [2.75, 3.05) is 25.5 Å². The number of aliphatic hydroxyl groups excluding tert-OH is 1. The number of nitrogens with one attached hydrogen (secondary N) is 1. The zero-order valence-corrected chi connectivity index (χ0v) is 16.4. The van der Waals surface area contributed by atoms with Gasteiger partial charge in [0.2, 0.25) is 0 Å². The van der Waals surface area contributed by atoms with Gasteiger partial charge >= 0.3 is 5.97 Å². The Bertz CT molecular complexity index is 856. The molecular weight excluding hydrogens is 364 g/mol. The number of carbonyl (C=O) groups is 1. The Morgan fingerprint density at radius 2 is 2.22 bits per heavy atom. The molecule has 2 N–H and O–H groups in total. The van der Waals surface area contributed by atoms with Gasteiger partial charge in [0.05, 0.1) is 29.6 Å². The maximum atomic E-state index is 12.8. The molecule has 1 aromatic carbocycles. The number of esters is 1. The number of ether oxygens (including phenoxy) is 1. The number of carbonyl (C=O) groups excluding carboxylic acids is 1. The minimum absolute atomic E-state index is 0.125. The summed E-state index contributed by atoms with van der Waals surface area (Å²) in [7, 11) is 1.43. The van der Waals surface area contributed by atoms with Gasteiger partial charge in [-0.05, 0) is 37.4 Å². The largest absolute Gasteiger partial charge is 0.466 e. The zero-order chi connectivity index (χ0) is 19.0. The molecule has 6 heteroatoms. The summed E-state index contributed by atoms with van der Waals surface area (Å²) >= 11 is 6.61. The molecule has 27 heavy (non-hydrogen) atoms. The standard InChI is InChI=1S/C21H25ClN2O3/c1-3-20-10-12(18(26)27-2)16-21(13-6-4-5-7-15(13)23-16)8-9-24(19(20)21)11-14(22)17(20)25/h4-7,14,17,19,23,25H,3,8-11H2,1-2H3. The van der Waals surface area contributed by atoms with Gasteiger partial charge in [-0.3, -0.25) is 4.90 Å². The number of methoxy groups -OCH3 is 1. The van der Waals surface area contributed by atoms with Crippen LogP contribution in [0.4, 0.5) is 5.69 Å². The molecule has 144 valence electrons. The average Bonchev–Trinajstić information content (AvgIpc) is 3.24. The summed E-state index contributed by atoms with van der Waals surface area (Å²) in [6.45, 7) is 3.70. The Balaban J connectivity index is 1.82. The molecule has 5 nitrogen and oxygen atoms in total. The number of piperidine rings is 1. The van der Waals surface area contributed by atoms with E-state index >= 15 is 0 Å². The van der Waals surface area contributed by atoms with Crippen molar-refractivity contribution in [3.8, 4) is 0 Å². The van der Waals surface area contributed by atoms with Crippen LogP contribution >= 0.6 is 11.6 Å². The number of alkyl halides is 1. The normalized spacial score (nSPS) is 39.5. The van der Waals surface area contributed by atoms with E-state index in [9.17, 15) is 9.90 Å². The number of rotatable bonds is 2. The van der Waals surface area contributed by atoms with E-state index in [4.69, 9.17) is 16.3 Å². The summed E-state index contributed by atoms with van der Waals surface area (Å²) in [6, 6.07) is 8.44. The first kappa shape index (κ1) is 17.5. The fourth-order valence-electron chi connectivity index (χ4n) is 6.49. The Morgan fingerprint density at radius 3 is 2.96 bits per heavy atom. The van der Waals surface area contributed by atoms with Crippen LogP contribution in [0.25, 0.3) is 0 Å². The molecule has 0 bridgehead atoms. The highest BCUT2D eigenvalue weighted by Crippen LogP contribution is 2.65. The molecule has 3 aliphatic heterocycles. The third-order valence-electron chi connectivity index (χ3n) is 7.52. The Hall–Kier alpha value is -1.56. The molecule has 0 radical (unpaired) electrons. The van der Waals surface area contributed by atoms with Gasteiger partial charge in [-0.1, -0.05) is 25.1 Å². The summed E-state index contributed by atoms with van der Waals surface area (Å²) < 4.78 is 5.17. The van der Waals surface area contributed by atoms with E-state index in [2.05, 4.69) is 35.3 Å². The maximum absolute atomic E-state index is 12.8. The molecule has 5 rings (SSSR count). The van der Waals surface area contributed by atoms with E-state index in [1.165, 1.54) is 12.7 Å². The van der Waals surface area contributed by atoms with Gasteiger partial charge in [-0.2, -0.15) is 0 Å². The first-order valence-electron chi connectivity index (χ1n) is 9.74. The first-order chi connectivity index (χ1) is 13.0. The lowest BCUT2D eigenvalue weighted by molar-refractivity contribution is -0.139. The van der Waals surface area contributed by atoms with Crippen molar-refractivity contribution >= 4 is 23.3 Å². The highest BCUT2D eigenvalue weighted by Gasteiger charge is 2.69. The summed E-state index contributed by atoms with van der Waals surface area (Å²) in [5, 5.41) is 14.5. The third-order valence-corrected chi connectivity index (χ3v) is 7.90. The molecule has 0 aromatic heterocycles. The maximum Gasteiger partial charge on any atom is 0.335 e. The number of para-hydroxylation sites is 1. The summed E-state index contributed by atoms with van der Waals surface area (Å²) in [4.78, 5) is 15.3. The summed E-state index contributed by atoms with van der Waals surface area (Å²) in [6.07, 6.45) is 1.50. The molecule has 1 spiro atoms. The van der Waals surface area contributed by atoms with E-state index in [-0.39, 0.29) is 22.8 Å². The number of fused-ring (bicyclic) bond motifs is 1. The molecule has 3 heterocycles. The SMILES string of the molecule is CCC12CC(C(=O)OC)=C3Nc4ccccc4C34CCN(CC(Cl)C1O)C42. The highest BCUT2D eigenvalue weighted by molar-refractivity contribution is 6.21. The van der Waals surface area contributed by atoms with Crippen molar-refractivity contribution in [1.29, 1.82) is 0 Å². The molecule has 2 fully saturated rings. The van der Waals surface area contributed by atoms with E-state index in [0.29, 0.717) is 18.5 Å². The van der Waals surface area contributed by atoms with Crippen LogP contribution in [0.1, 0.15) is 31.7 Å². The number of nitrogens with zero attached hydrogens (tertiary/aromatic N) is 1. The van der Waals surface area contributed by atoms with Crippen LogP contribution in [0.3, 0.4) is 0 Å². The molecule has 5 unspecified atom stereocenters. The molecule has 4 aliphatic rings. The van der Waals surface area contributed by atoms with Crippen LogP contribution < -0.4 is 5.32 Å². The van der Waals surface area contributed by atoms with Crippen molar-refractivity contribution in [3.63, 3.8) is 0 Å². The lowest BCUT2D eigenvalue weighted by Gasteiger charge is -2.58. The van der Waals surface area contributed by atoms with Crippen molar-refractivity contribution in [1.82, 2.24) is 4.90 Å². The van der Waals surface area contributed by atoms with E-state index in [1.807, 2.05) is 6.07 Å². The van der Waals surface area contributed by atoms with Crippen molar-refractivity contribution < 1.29 is 14.6 Å². The van der Waals surface area contributed by atoms with Gasteiger partial charge < -0.3 is 15.2 Å². The topological polar surface area (TPSA) is 61.8 Å². The first-order valence-corrected chi connectivity index (χ1v) is 10.2. The number of halogens is 1. The van der Waals surface area contributed by atoms with Gasteiger partial charge in [0.25, 0.3) is 0 Å². The lowest BCUT2D eigenvalue weighted by Crippen LogP contribution is -2.68. The molecule has 2 saturated heterocycles. The van der Waals surface area contributed by atoms with Gasteiger partial charge in [-0.25, -0.2) is 4.79 Å². The fourth-order valence-corrected chi connectivity index (χ4v) is 6.92. The van der Waals surface area contributed by atoms with E-state index < -0.39 is 11.5 Å². The van der Waals surface area contributed by atoms with E-state index in [1.54, 1.807) is 0 Å². The second kappa shape index (κ2) is 5.72. The number of aliphatic hydroxyl groups is 1.